The summed E-state index contributed by atoms with van der Waals surface area (Å²) in [6, 6.07) is 10.8. The van der Waals surface area contributed by atoms with Gasteiger partial charge in [0.15, 0.2) is 0 Å². The lowest BCUT2D eigenvalue weighted by Crippen LogP contribution is -2.47. The molecular formula is C17H20FN3O. The topological polar surface area (TPSA) is 37.3 Å². The van der Waals surface area contributed by atoms with E-state index in [9.17, 15) is 9.18 Å². The summed E-state index contributed by atoms with van der Waals surface area (Å²) >= 11 is 0. The molecule has 0 fully saturated rings. The Bertz CT molecular complexity index is 667. The van der Waals surface area contributed by atoms with Crippen molar-refractivity contribution in [1.29, 1.82) is 0 Å². The third kappa shape index (κ3) is 3.20. The van der Waals surface area contributed by atoms with Crippen LogP contribution in [0.1, 0.15) is 11.3 Å². The minimum atomic E-state index is -0.329. The van der Waals surface area contributed by atoms with E-state index in [1.165, 1.54) is 11.8 Å². The second-order valence-electron chi connectivity index (χ2n) is 5.79. The predicted octanol–water partition coefficient (Wildman–Crippen LogP) is 1.80. The van der Waals surface area contributed by atoms with Crippen LogP contribution in [0.2, 0.25) is 0 Å². The summed E-state index contributed by atoms with van der Waals surface area (Å²) in [7, 11) is 2.06. The van der Waals surface area contributed by atoms with Crippen LogP contribution in [-0.4, -0.2) is 35.0 Å². The van der Waals surface area contributed by atoms with Gasteiger partial charge in [0.05, 0.1) is 6.42 Å². The normalized spacial score (nSPS) is 18.0. The summed E-state index contributed by atoms with van der Waals surface area (Å²) in [5, 5.41) is 2.92. The highest BCUT2D eigenvalue weighted by Crippen LogP contribution is 2.16. The van der Waals surface area contributed by atoms with E-state index in [-0.39, 0.29) is 24.2 Å². The van der Waals surface area contributed by atoms with Crippen LogP contribution in [0.25, 0.3) is 0 Å². The Morgan fingerprint density at radius 1 is 1.32 bits per heavy atom. The molecule has 0 radical (unpaired) electrons. The maximum absolute atomic E-state index is 13.5. The second-order valence-corrected chi connectivity index (χ2v) is 5.79. The van der Waals surface area contributed by atoms with E-state index in [1.54, 1.807) is 18.2 Å². The van der Waals surface area contributed by atoms with Gasteiger partial charge in [-0.05, 0) is 30.8 Å². The zero-order valence-electron chi connectivity index (χ0n) is 12.6. The summed E-state index contributed by atoms with van der Waals surface area (Å²) in [6.07, 6.45) is 2.15. The molecule has 0 spiro atoms. The number of rotatable bonds is 4. The van der Waals surface area contributed by atoms with E-state index < -0.39 is 0 Å². The van der Waals surface area contributed by atoms with Crippen molar-refractivity contribution in [3.63, 3.8) is 0 Å². The zero-order chi connectivity index (χ0) is 15.5. The molecule has 22 heavy (non-hydrogen) atoms. The number of likely N-dealkylation sites (N-methyl/N-ethyl adjacent to an activating group) is 1. The minimum Gasteiger partial charge on any atom is -0.354 e. The van der Waals surface area contributed by atoms with Crippen molar-refractivity contribution < 1.29 is 9.18 Å². The van der Waals surface area contributed by atoms with Crippen molar-refractivity contribution in [2.24, 2.45) is 0 Å². The summed E-state index contributed by atoms with van der Waals surface area (Å²) in [6.45, 7) is 2.31. The number of aromatic nitrogens is 1. The SMILES string of the molecule is CN1Cc2cccn2CC1CNC(=O)Cc1ccccc1F. The molecule has 1 aromatic heterocycles. The third-order valence-electron chi connectivity index (χ3n) is 4.21. The molecule has 2 heterocycles. The number of nitrogens with zero attached hydrogens (tertiary/aromatic N) is 2. The Kier molecular flexibility index (Phi) is 4.24. The van der Waals surface area contributed by atoms with E-state index in [1.807, 2.05) is 6.07 Å². The molecule has 1 aliphatic rings. The zero-order valence-corrected chi connectivity index (χ0v) is 12.6. The molecule has 3 rings (SSSR count). The highest BCUT2D eigenvalue weighted by Gasteiger charge is 2.23. The Morgan fingerprint density at radius 3 is 2.95 bits per heavy atom. The molecule has 0 saturated carbocycles. The average molecular weight is 301 g/mol. The number of benzene rings is 1. The van der Waals surface area contributed by atoms with Gasteiger partial charge in [0.1, 0.15) is 5.82 Å². The molecule has 116 valence electrons. The van der Waals surface area contributed by atoms with Crippen LogP contribution in [0.3, 0.4) is 0 Å². The minimum absolute atomic E-state index is 0.0812. The molecule has 1 atom stereocenters. The van der Waals surface area contributed by atoms with Gasteiger partial charge < -0.3 is 9.88 Å². The van der Waals surface area contributed by atoms with Crippen LogP contribution in [0, 0.1) is 5.82 Å². The maximum atomic E-state index is 13.5. The molecule has 1 aliphatic heterocycles. The number of carbonyl (C=O) groups is 1. The third-order valence-corrected chi connectivity index (χ3v) is 4.21. The molecule has 0 saturated heterocycles. The average Bonchev–Trinajstić information content (AvgIpc) is 2.94. The maximum Gasteiger partial charge on any atom is 0.224 e. The van der Waals surface area contributed by atoms with Crippen LogP contribution in [-0.2, 0) is 24.3 Å². The highest BCUT2D eigenvalue weighted by molar-refractivity contribution is 5.78. The van der Waals surface area contributed by atoms with Gasteiger partial charge in [-0.15, -0.1) is 0 Å². The van der Waals surface area contributed by atoms with Crippen molar-refractivity contribution in [2.45, 2.75) is 25.6 Å². The molecular weight excluding hydrogens is 281 g/mol. The number of amides is 1. The molecule has 4 nitrogen and oxygen atoms in total. The van der Waals surface area contributed by atoms with Crippen molar-refractivity contribution in [3.05, 3.63) is 59.7 Å². The first kappa shape index (κ1) is 14.8. The fourth-order valence-corrected chi connectivity index (χ4v) is 2.85. The monoisotopic (exact) mass is 301 g/mol. The van der Waals surface area contributed by atoms with Crippen LogP contribution in [0.4, 0.5) is 4.39 Å². The van der Waals surface area contributed by atoms with E-state index in [4.69, 9.17) is 0 Å². The van der Waals surface area contributed by atoms with Gasteiger partial charge in [-0.1, -0.05) is 18.2 Å². The lowest BCUT2D eigenvalue weighted by molar-refractivity contribution is -0.120. The number of fused-ring (bicyclic) bond motifs is 1. The van der Waals surface area contributed by atoms with E-state index >= 15 is 0 Å². The number of nitrogens with one attached hydrogen (secondary N) is 1. The van der Waals surface area contributed by atoms with Gasteiger partial charge in [0.25, 0.3) is 0 Å². The van der Waals surface area contributed by atoms with Crippen molar-refractivity contribution in [2.75, 3.05) is 13.6 Å². The van der Waals surface area contributed by atoms with Crippen molar-refractivity contribution in [3.8, 4) is 0 Å². The Hall–Kier alpha value is -2.14. The molecule has 0 bridgehead atoms. The van der Waals surface area contributed by atoms with Crippen molar-refractivity contribution in [1.82, 2.24) is 14.8 Å². The first-order chi connectivity index (χ1) is 10.6. The smallest absolute Gasteiger partial charge is 0.224 e. The number of hydrogen-bond donors (Lipinski definition) is 1. The van der Waals surface area contributed by atoms with Crippen LogP contribution in [0.15, 0.2) is 42.6 Å². The van der Waals surface area contributed by atoms with Gasteiger partial charge in [0.2, 0.25) is 5.91 Å². The largest absolute Gasteiger partial charge is 0.354 e. The van der Waals surface area contributed by atoms with Gasteiger partial charge in [0, 0.05) is 37.6 Å². The first-order valence-corrected chi connectivity index (χ1v) is 7.48. The molecule has 1 aromatic carbocycles. The second kappa shape index (κ2) is 6.32. The van der Waals surface area contributed by atoms with E-state index in [0.717, 1.165) is 13.1 Å². The fraction of sp³-hybridized carbons (Fsp3) is 0.353. The lowest BCUT2D eigenvalue weighted by Gasteiger charge is -2.34. The van der Waals surface area contributed by atoms with Crippen molar-refractivity contribution >= 4 is 5.91 Å². The molecule has 5 heteroatoms. The van der Waals surface area contributed by atoms with Gasteiger partial charge in [-0.3, -0.25) is 9.69 Å². The molecule has 1 N–H and O–H groups in total. The van der Waals surface area contributed by atoms with Crippen LogP contribution in [0.5, 0.6) is 0 Å². The summed E-state index contributed by atoms with van der Waals surface area (Å²) in [5.74, 6) is -0.471. The quantitative estimate of drug-likeness (QED) is 0.935. The van der Waals surface area contributed by atoms with Crippen LogP contribution < -0.4 is 5.32 Å². The number of carbonyl (C=O) groups excluding carboxylic acids is 1. The van der Waals surface area contributed by atoms with Crippen LogP contribution >= 0.6 is 0 Å². The van der Waals surface area contributed by atoms with Gasteiger partial charge >= 0.3 is 0 Å². The standard InChI is InChI=1S/C17H20FN3O/c1-20-11-14-6-4-8-21(14)12-15(20)10-19-17(22)9-13-5-2-3-7-16(13)18/h2-8,15H,9-12H2,1H3,(H,19,22). The molecule has 2 aromatic rings. The summed E-state index contributed by atoms with van der Waals surface area (Å²) < 4.78 is 15.8. The molecule has 0 aliphatic carbocycles. The van der Waals surface area contributed by atoms with E-state index in [0.29, 0.717) is 12.1 Å². The Balaban J connectivity index is 1.54. The lowest BCUT2D eigenvalue weighted by atomic mass is 10.1. The van der Waals surface area contributed by atoms with Gasteiger partial charge in [-0.2, -0.15) is 0 Å². The molecule has 1 unspecified atom stereocenters. The number of hydrogen-bond acceptors (Lipinski definition) is 2. The Morgan fingerprint density at radius 2 is 2.14 bits per heavy atom. The number of halogens is 1. The molecule has 1 amide bonds. The summed E-state index contributed by atoms with van der Waals surface area (Å²) in [5.41, 5.74) is 1.72. The summed E-state index contributed by atoms with van der Waals surface area (Å²) in [4.78, 5) is 14.2. The van der Waals surface area contributed by atoms with Gasteiger partial charge in [-0.25, -0.2) is 4.39 Å². The fourth-order valence-electron chi connectivity index (χ4n) is 2.85. The highest BCUT2D eigenvalue weighted by atomic mass is 19.1. The predicted molar refractivity (Wildman–Crippen MR) is 82.8 cm³/mol. The van der Waals surface area contributed by atoms with E-state index in [2.05, 4.69) is 34.1 Å². The Labute approximate surface area is 129 Å². The first-order valence-electron chi connectivity index (χ1n) is 7.48.